The fraction of sp³-hybridized carbons (Fsp3) is 0.387. The standard InChI is InChI=1S/C31H31ClFNO6/c1-2-39-26-16-19(15-20(32)31(26)40-17-18-7-3-4-8-21(18)33)28-29-22(9-5-11-24(29)35)34(14-13-27(37)38)23-10-6-12-25(36)30(23)28/h3-4,7-8,15-16,28H,2,5-6,9-14,17H2,1H3,(H,37,38). The Morgan fingerprint density at radius 3 is 2.27 bits per heavy atom. The lowest BCUT2D eigenvalue weighted by Crippen LogP contribution is -2.39. The highest BCUT2D eigenvalue weighted by Crippen LogP contribution is 2.51. The van der Waals surface area contributed by atoms with Gasteiger partial charge in [0.2, 0.25) is 0 Å². The summed E-state index contributed by atoms with van der Waals surface area (Å²) in [7, 11) is 0. The molecule has 1 N–H and O–H groups in total. The SMILES string of the molecule is CCOc1cc(C2C3=C(CCCC3=O)N(CCC(=O)O)C3=C2C(=O)CCC3)cc(Cl)c1OCc1ccccc1F. The topological polar surface area (TPSA) is 93.1 Å². The molecule has 40 heavy (non-hydrogen) atoms. The van der Waals surface area contributed by atoms with Crippen molar-refractivity contribution in [1.82, 2.24) is 4.90 Å². The minimum atomic E-state index is -0.935. The van der Waals surface area contributed by atoms with Crippen LogP contribution in [0.1, 0.15) is 68.9 Å². The molecule has 3 aliphatic rings. The molecule has 0 amide bonds. The van der Waals surface area contributed by atoms with Crippen LogP contribution in [0.2, 0.25) is 5.02 Å². The molecule has 2 aromatic rings. The predicted molar refractivity (Wildman–Crippen MR) is 147 cm³/mol. The van der Waals surface area contributed by atoms with E-state index in [1.54, 1.807) is 30.3 Å². The van der Waals surface area contributed by atoms with Crippen LogP contribution in [0.15, 0.2) is 58.9 Å². The number of carbonyl (C=O) groups is 3. The first kappa shape index (κ1) is 27.9. The molecule has 1 heterocycles. The van der Waals surface area contributed by atoms with Crippen LogP contribution in [-0.4, -0.2) is 40.7 Å². The Morgan fingerprint density at radius 1 is 1.02 bits per heavy atom. The summed E-state index contributed by atoms with van der Waals surface area (Å²) in [6.07, 6.45) is 3.19. The number of hydrogen-bond donors (Lipinski definition) is 1. The van der Waals surface area contributed by atoms with Crippen LogP contribution in [0, 0.1) is 5.82 Å². The molecule has 0 radical (unpaired) electrons. The summed E-state index contributed by atoms with van der Waals surface area (Å²) in [6.45, 7) is 2.27. The van der Waals surface area contributed by atoms with Gasteiger partial charge in [0.15, 0.2) is 23.1 Å². The summed E-state index contributed by atoms with van der Waals surface area (Å²) in [5.41, 5.74) is 3.65. The second-order valence-electron chi connectivity index (χ2n) is 10.1. The van der Waals surface area contributed by atoms with E-state index in [1.165, 1.54) is 6.07 Å². The van der Waals surface area contributed by atoms with Gasteiger partial charge in [-0.2, -0.15) is 0 Å². The number of ether oxygens (including phenoxy) is 2. The summed E-state index contributed by atoms with van der Waals surface area (Å²) in [5.74, 6) is -1.48. The van der Waals surface area contributed by atoms with Crippen LogP contribution in [0.5, 0.6) is 11.5 Å². The summed E-state index contributed by atoms with van der Waals surface area (Å²) >= 11 is 6.76. The number of carbonyl (C=O) groups excluding carboxylic acids is 2. The molecule has 210 valence electrons. The normalized spacial score (nSPS) is 17.6. The second kappa shape index (κ2) is 11.8. The largest absolute Gasteiger partial charge is 0.490 e. The molecule has 0 spiro atoms. The van der Waals surface area contributed by atoms with Crippen molar-refractivity contribution >= 4 is 29.1 Å². The number of carboxylic acid groups (broad SMARTS) is 1. The zero-order chi connectivity index (χ0) is 28.4. The summed E-state index contributed by atoms with van der Waals surface area (Å²) in [6, 6.07) is 9.75. The number of carboxylic acids is 1. The minimum absolute atomic E-state index is 0.0505. The fourth-order valence-electron chi connectivity index (χ4n) is 5.95. The third-order valence-corrected chi connectivity index (χ3v) is 7.91. The van der Waals surface area contributed by atoms with E-state index in [2.05, 4.69) is 0 Å². The Morgan fingerprint density at radius 2 is 1.68 bits per heavy atom. The first-order valence-corrected chi connectivity index (χ1v) is 14.0. The molecule has 0 saturated carbocycles. The van der Waals surface area contributed by atoms with Crippen LogP contribution in [0.25, 0.3) is 0 Å². The Labute approximate surface area is 237 Å². The number of halogens is 2. The molecule has 0 aromatic heterocycles. The average molecular weight is 568 g/mol. The van der Waals surface area contributed by atoms with E-state index in [0.29, 0.717) is 73.2 Å². The predicted octanol–water partition coefficient (Wildman–Crippen LogP) is 6.34. The smallest absolute Gasteiger partial charge is 0.305 e. The first-order chi connectivity index (χ1) is 19.3. The molecular formula is C31H31ClFNO6. The highest BCUT2D eigenvalue weighted by molar-refractivity contribution is 6.32. The van der Waals surface area contributed by atoms with Gasteiger partial charge in [-0.15, -0.1) is 0 Å². The van der Waals surface area contributed by atoms with Gasteiger partial charge >= 0.3 is 5.97 Å². The molecule has 0 atom stereocenters. The number of allylic oxidation sites excluding steroid dienone is 4. The second-order valence-corrected chi connectivity index (χ2v) is 10.6. The lowest BCUT2D eigenvalue weighted by Gasteiger charge is -2.44. The summed E-state index contributed by atoms with van der Waals surface area (Å²) in [5, 5.41) is 9.61. The van der Waals surface area contributed by atoms with Crippen LogP contribution in [0.3, 0.4) is 0 Å². The zero-order valence-corrected chi connectivity index (χ0v) is 23.1. The van der Waals surface area contributed by atoms with Crippen molar-refractivity contribution < 1.29 is 33.4 Å². The molecule has 2 aromatic carbocycles. The lowest BCUT2D eigenvalue weighted by molar-refractivity contribution is -0.137. The van der Waals surface area contributed by atoms with Crippen molar-refractivity contribution in [3.8, 4) is 11.5 Å². The maximum atomic E-state index is 14.2. The van der Waals surface area contributed by atoms with Gasteiger partial charge in [0.25, 0.3) is 0 Å². The minimum Gasteiger partial charge on any atom is -0.490 e. The quantitative estimate of drug-likeness (QED) is 0.377. The number of benzene rings is 2. The van der Waals surface area contributed by atoms with Crippen LogP contribution < -0.4 is 9.47 Å². The van der Waals surface area contributed by atoms with Crippen LogP contribution in [0.4, 0.5) is 4.39 Å². The molecule has 0 unspecified atom stereocenters. The van der Waals surface area contributed by atoms with E-state index < -0.39 is 17.7 Å². The van der Waals surface area contributed by atoms with Gasteiger partial charge < -0.3 is 19.5 Å². The highest BCUT2D eigenvalue weighted by Gasteiger charge is 2.43. The number of nitrogens with zero attached hydrogens (tertiary/aromatic N) is 1. The Kier molecular flexibility index (Phi) is 8.26. The Hall–Kier alpha value is -3.65. The molecule has 2 aliphatic carbocycles. The van der Waals surface area contributed by atoms with Gasteiger partial charge in [-0.05, 0) is 56.4 Å². The van der Waals surface area contributed by atoms with Crippen LogP contribution in [-0.2, 0) is 21.0 Å². The Balaban J connectivity index is 1.61. The van der Waals surface area contributed by atoms with Crippen molar-refractivity contribution in [1.29, 1.82) is 0 Å². The summed E-state index contributed by atoms with van der Waals surface area (Å²) in [4.78, 5) is 40.3. The number of aliphatic carboxylic acids is 1. The average Bonchev–Trinajstić information content (AvgIpc) is 2.92. The van der Waals surface area contributed by atoms with Gasteiger partial charge in [-0.1, -0.05) is 29.8 Å². The Bertz CT molecular complexity index is 1390. The molecule has 0 saturated heterocycles. The van der Waals surface area contributed by atoms with Crippen LogP contribution >= 0.6 is 11.6 Å². The third kappa shape index (κ3) is 5.37. The maximum absolute atomic E-state index is 14.2. The lowest BCUT2D eigenvalue weighted by atomic mass is 9.71. The number of Topliss-reactive ketones (excluding diaryl/α,β-unsaturated/α-hetero) is 2. The monoisotopic (exact) mass is 567 g/mol. The van der Waals surface area contributed by atoms with E-state index in [-0.39, 0.29) is 41.9 Å². The van der Waals surface area contributed by atoms with E-state index in [1.807, 2.05) is 11.8 Å². The summed E-state index contributed by atoms with van der Waals surface area (Å²) < 4.78 is 26.1. The van der Waals surface area contributed by atoms with Crippen molar-refractivity contribution in [2.45, 2.75) is 64.4 Å². The van der Waals surface area contributed by atoms with E-state index in [4.69, 9.17) is 21.1 Å². The third-order valence-electron chi connectivity index (χ3n) is 7.63. The molecule has 5 rings (SSSR count). The zero-order valence-electron chi connectivity index (χ0n) is 22.3. The highest BCUT2D eigenvalue weighted by atomic mass is 35.5. The first-order valence-electron chi connectivity index (χ1n) is 13.6. The van der Waals surface area contributed by atoms with E-state index >= 15 is 0 Å². The van der Waals surface area contributed by atoms with Gasteiger partial charge in [0, 0.05) is 53.4 Å². The van der Waals surface area contributed by atoms with Gasteiger partial charge in [-0.3, -0.25) is 14.4 Å². The van der Waals surface area contributed by atoms with E-state index in [9.17, 15) is 23.9 Å². The van der Waals surface area contributed by atoms with Crippen molar-refractivity contribution in [3.05, 3.63) is 80.9 Å². The maximum Gasteiger partial charge on any atom is 0.305 e. The molecule has 9 heteroatoms. The van der Waals surface area contributed by atoms with Gasteiger partial charge in [0.05, 0.1) is 18.1 Å². The van der Waals surface area contributed by atoms with E-state index in [0.717, 1.165) is 11.4 Å². The number of hydrogen-bond acceptors (Lipinski definition) is 6. The molecule has 0 bridgehead atoms. The number of rotatable bonds is 9. The number of ketones is 2. The van der Waals surface area contributed by atoms with Crippen molar-refractivity contribution in [3.63, 3.8) is 0 Å². The van der Waals surface area contributed by atoms with Crippen molar-refractivity contribution in [2.75, 3.05) is 13.2 Å². The van der Waals surface area contributed by atoms with Gasteiger partial charge in [-0.25, -0.2) is 4.39 Å². The molecular weight excluding hydrogens is 537 g/mol. The van der Waals surface area contributed by atoms with Crippen molar-refractivity contribution in [2.24, 2.45) is 0 Å². The molecule has 1 aliphatic heterocycles. The fourth-order valence-corrected chi connectivity index (χ4v) is 6.22. The molecule has 7 nitrogen and oxygen atoms in total. The molecule has 0 fully saturated rings. The van der Waals surface area contributed by atoms with Gasteiger partial charge in [0.1, 0.15) is 12.4 Å².